The van der Waals surface area contributed by atoms with Crippen molar-refractivity contribution < 1.29 is 19.4 Å². The van der Waals surface area contributed by atoms with Gasteiger partial charge in [0.1, 0.15) is 6.10 Å². The number of rotatable bonds is 2. The van der Waals surface area contributed by atoms with E-state index in [0.29, 0.717) is 17.8 Å². The lowest BCUT2D eigenvalue weighted by atomic mass is 9.47. The van der Waals surface area contributed by atoms with E-state index in [4.69, 9.17) is 4.74 Å². The number of allylic oxidation sites excluding steroid dienone is 1. The summed E-state index contributed by atoms with van der Waals surface area (Å²) in [7, 11) is 0. The number of esters is 1. The maximum atomic E-state index is 11.8. The minimum atomic E-state index is -0.589. The van der Waals surface area contributed by atoms with Gasteiger partial charge in [0.15, 0.2) is 0 Å². The van der Waals surface area contributed by atoms with Crippen LogP contribution >= 0.6 is 0 Å². The second-order valence-corrected chi connectivity index (χ2v) is 9.75. The molecular formula is C22H32O4. The Hall–Kier alpha value is -1.32. The number of carbonyl (C=O) groups excluding carboxylic acids is 1. The number of carbonyl (C=O) groups is 2. The molecule has 0 radical (unpaired) electrons. The zero-order valence-electron chi connectivity index (χ0n) is 16.3. The maximum absolute atomic E-state index is 11.8. The highest BCUT2D eigenvalue weighted by Crippen LogP contribution is 2.66. The fourth-order valence-corrected chi connectivity index (χ4v) is 7.37. The van der Waals surface area contributed by atoms with Gasteiger partial charge >= 0.3 is 11.9 Å². The molecule has 4 heteroatoms. The van der Waals surface area contributed by atoms with Crippen LogP contribution in [-0.4, -0.2) is 23.1 Å². The minimum absolute atomic E-state index is 0.0242. The summed E-state index contributed by atoms with van der Waals surface area (Å²) in [5.74, 6) is 0.901. The van der Waals surface area contributed by atoms with Gasteiger partial charge in [-0.25, -0.2) is 0 Å². The van der Waals surface area contributed by atoms with E-state index in [0.717, 1.165) is 51.4 Å². The van der Waals surface area contributed by atoms with Crippen LogP contribution < -0.4 is 0 Å². The number of aliphatic carboxylic acids is 1. The Morgan fingerprint density at radius 2 is 1.88 bits per heavy atom. The van der Waals surface area contributed by atoms with Crippen LogP contribution in [0.3, 0.4) is 0 Å². The van der Waals surface area contributed by atoms with E-state index in [9.17, 15) is 14.7 Å². The molecule has 3 saturated carbocycles. The number of hydrogen-bond donors (Lipinski definition) is 1. The van der Waals surface area contributed by atoms with Crippen molar-refractivity contribution >= 4 is 11.9 Å². The molecule has 0 heterocycles. The number of fused-ring (bicyclic) bond motifs is 5. The Bertz CT molecular complexity index is 653. The molecule has 26 heavy (non-hydrogen) atoms. The maximum Gasteiger partial charge on any atom is 0.307 e. The molecule has 4 rings (SSSR count). The van der Waals surface area contributed by atoms with E-state index in [1.54, 1.807) is 0 Å². The van der Waals surface area contributed by atoms with Gasteiger partial charge in [-0.1, -0.05) is 25.5 Å². The normalized spacial score (nSPS) is 47.2. The van der Waals surface area contributed by atoms with Crippen molar-refractivity contribution in [3.8, 4) is 0 Å². The molecule has 0 bridgehead atoms. The summed E-state index contributed by atoms with van der Waals surface area (Å²) in [6.45, 7) is 6.17. The van der Waals surface area contributed by atoms with E-state index < -0.39 is 5.97 Å². The summed E-state index contributed by atoms with van der Waals surface area (Å²) in [5, 5.41) is 9.70. The zero-order chi connectivity index (χ0) is 18.7. The Balaban J connectivity index is 1.59. The van der Waals surface area contributed by atoms with E-state index in [1.807, 2.05) is 0 Å². The molecule has 0 amide bonds. The summed E-state index contributed by atoms with van der Waals surface area (Å²) in [5.41, 5.74) is 1.68. The van der Waals surface area contributed by atoms with Crippen molar-refractivity contribution in [2.75, 3.05) is 0 Å². The van der Waals surface area contributed by atoms with Crippen LogP contribution in [0.4, 0.5) is 0 Å². The highest BCUT2D eigenvalue weighted by atomic mass is 16.5. The highest BCUT2D eigenvalue weighted by Gasteiger charge is 2.60. The van der Waals surface area contributed by atoms with Crippen LogP contribution in [0.1, 0.15) is 72.1 Å². The molecule has 0 aromatic carbocycles. The quantitative estimate of drug-likeness (QED) is 0.578. The summed E-state index contributed by atoms with van der Waals surface area (Å²) in [6.07, 6.45) is 10.6. The lowest BCUT2D eigenvalue weighted by molar-refractivity contribution is -0.151. The van der Waals surface area contributed by atoms with Crippen LogP contribution in [-0.2, 0) is 14.3 Å². The van der Waals surface area contributed by atoms with Crippen LogP contribution in [0, 0.1) is 34.5 Å². The topological polar surface area (TPSA) is 63.6 Å². The molecule has 0 saturated heterocycles. The van der Waals surface area contributed by atoms with Gasteiger partial charge in [0.2, 0.25) is 0 Å². The fraction of sp³-hybridized carbons (Fsp3) is 0.818. The monoisotopic (exact) mass is 360 g/mol. The lowest BCUT2D eigenvalue weighted by Crippen LogP contribution is -2.51. The van der Waals surface area contributed by atoms with E-state index >= 15 is 0 Å². The molecule has 4 aliphatic rings. The summed E-state index contributed by atoms with van der Waals surface area (Å²) < 4.78 is 5.50. The third-order valence-corrected chi connectivity index (χ3v) is 8.69. The smallest absolute Gasteiger partial charge is 0.307 e. The Kier molecular flexibility index (Phi) is 4.24. The number of hydrogen-bond acceptors (Lipinski definition) is 3. The van der Waals surface area contributed by atoms with Gasteiger partial charge in [-0.05, 0) is 73.5 Å². The second kappa shape index (κ2) is 6.10. The average molecular weight is 360 g/mol. The van der Waals surface area contributed by atoms with Crippen molar-refractivity contribution in [1.29, 1.82) is 0 Å². The first kappa shape index (κ1) is 18.1. The van der Waals surface area contributed by atoms with Gasteiger partial charge in [-0.3, -0.25) is 9.59 Å². The van der Waals surface area contributed by atoms with E-state index in [2.05, 4.69) is 19.9 Å². The molecular weight excluding hydrogens is 328 g/mol. The Morgan fingerprint density at radius 1 is 1.12 bits per heavy atom. The van der Waals surface area contributed by atoms with E-state index in [1.165, 1.54) is 12.5 Å². The summed E-state index contributed by atoms with van der Waals surface area (Å²) in [4.78, 5) is 23.1. The largest absolute Gasteiger partial charge is 0.481 e. The molecule has 7 atom stereocenters. The Morgan fingerprint density at radius 3 is 2.58 bits per heavy atom. The second-order valence-electron chi connectivity index (χ2n) is 9.75. The van der Waals surface area contributed by atoms with Gasteiger partial charge in [0.25, 0.3) is 0 Å². The lowest BCUT2D eigenvalue weighted by Gasteiger charge is -2.57. The molecule has 144 valence electrons. The van der Waals surface area contributed by atoms with Gasteiger partial charge in [-0.2, -0.15) is 0 Å². The average Bonchev–Trinajstić information content (AvgIpc) is 2.92. The first-order chi connectivity index (χ1) is 12.3. The van der Waals surface area contributed by atoms with Crippen LogP contribution in [0.15, 0.2) is 11.6 Å². The molecule has 4 nitrogen and oxygen atoms in total. The van der Waals surface area contributed by atoms with Crippen molar-refractivity contribution in [3.05, 3.63) is 11.6 Å². The van der Waals surface area contributed by atoms with Crippen molar-refractivity contribution in [3.63, 3.8) is 0 Å². The molecule has 3 fully saturated rings. The predicted octanol–water partition coefficient (Wildman–Crippen LogP) is 4.58. The van der Waals surface area contributed by atoms with Crippen LogP contribution in [0.2, 0.25) is 0 Å². The van der Waals surface area contributed by atoms with Crippen molar-refractivity contribution in [2.45, 2.75) is 78.2 Å². The third kappa shape index (κ3) is 2.55. The Labute approximate surface area is 156 Å². The standard InChI is InChI=1S/C22H32O4/c1-13(23)26-15-8-10-21(2)14(12-15)4-5-16-17-6-7-19(20(24)25)22(17,3)11-9-18(16)21/h4,15-19H,5-12H2,1-3H3,(H,24,25)/t15-,16+,17-,18-,19+,21-,22-/m0/s1. The molecule has 1 N–H and O–H groups in total. The highest BCUT2D eigenvalue weighted by molar-refractivity contribution is 5.71. The van der Waals surface area contributed by atoms with Crippen molar-refractivity contribution in [2.24, 2.45) is 34.5 Å². The predicted molar refractivity (Wildman–Crippen MR) is 98.4 cm³/mol. The number of carboxylic acid groups (broad SMARTS) is 1. The van der Waals surface area contributed by atoms with Gasteiger partial charge in [-0.15, -0.1) is 0 Å². The molecule has 0 unspecified atom stereocenters. The van der Waals surface area contributed by atoms with Crippen LogP contribution in [0.25, 0.3) is 0 Å². The minimum Gasteiger partial charge on any atom is -0.481 e. The summed E-state index contributed by atoms with van der Waals surface area (Å²) >= 11 is 0. The first-order valence-corrected chi connectivity index (χ1v) is 10.4. The SMILES string of the molecule is CC(=O)O[C@H]1CC[C@@]2(C)C(=CC[C@@H]3[C@@H]4CC[C@H](C(=O)O)[C@@]4(C)CC[C@@H]32)C1. The fourth-order valence-electron chi connectivity index (χ4n) is 7.37. The molecule has 4 aliphatic carbocycles. The van der Waals surface area contributed by atoms with Gasteiger partial charge < -0.3 is 9.84 Å². The van der Waals surface area contributed by atoms with Gasteiger partial charge in [0.05, 0.1) is 5.92 Å². The summed E-state index contributed by atoms with van der Waals surface area (Å²) in [6, 6.07) is 0. The number of carboxylic acids is 1. The molecule has 0 spiro atoms. The van der Waals surface area contributed by atoms with Crippen molar-refractivity contribution in [1.82, 2.24) is 0 Å². The third-order valence-electron chi connectivity index (χ3n) is 8.69. The molecule has 0 aliphatic heterocycles. The molecule has 0 aromatic rings. The van der Waals surface area contributed by atoms with Crippen LogP contribution in [0.5, 0.6) is 0 Å². The van der Waals surface area contributed by atoms with Gasteiger partial charge in [0, 0.05) is 13.3 Å². The first-order valence-electron chi connectivity index (χ1n) is 10.4. The zero-order valence-corrected chi connectivity index (χ0v) is 16.3. The molecule has 0 aromatic heterocycles. The van der Waals surface area contributed by atoms with E-state index in [-0.39, 0.29) is 28.8 Å². The number of ether oxygens (including phenoxy) is 1.